The zero-order valence-corrected chi connectivity index (χ0v) is 19.2. The van der Waals surface area contributed by atoms with E-state index in [-0.39, 0.29) is 18.4 Å². The highest BCUT2D eigenvalue weighted by Gasteiger charge is 2.21. The van der Waals surface area contributed by atoms with Crippen LogP contribution in [0.25, 0.3) is 10.8 Å². The van der Waals surface area contributed by atoms with Crippen LogP contribution in [-0.4, -0.2) is 33.7 Å². The Morgan fingerprint density at radius 2 is 1.68 bits per heavy atom. The van der Waals surface area contributed by atoms with Crippen molar-refractivity contribution in [3.63, 3.8) is 0 Å². The first-order valence-electron chi connectivity index (χ1n) is 10.6. The van der Waals surface area contributed by atoms with Crippen LogP contribution in [0.5, 0.6) is 0 Å². The number of rotatable bonds is 9. The maximum absolute atomic E-state index is 12.5. The molecule has 0 fully saturated rings. The molecule has 3 rings (SSSR count). The predicted molar refractivity (Wildman–Crippen MR) is 128 cm³/mol. The Kier molecular flexibility index (Phi) is 7.33. The van der Waals surface area contributed by atoms with E-state index in [1.54, 1.807) is 12.1 Å². The summed E-state index contributed by atoms with van der Waals surface area (Å²) in [5, 5.41) is 5.33. The smallest absolute Gasteiger partial charge is 0.240 e. The van der Waals surface area contributed by atoms with Crippen molar-refractivity contribution >= 4 is 32.4 Å². The normalized spacial score (nSPS) is 12.5. The lowest BCUT2D eigenvalue weighted by atomic mass is 9.96. The van der Waals surface area contributed by atoms with Crippen LogP contribution < -0.4 is 9.62 Å². The van der Waals surface area contributed by atoms with Gasteiger partial charge in [0.15, 0.2) is 0 Å². The Morgan fingerprint density at radius 1 is 1.00 bits per heavy atom. The summed E-state index contributed by atoms with van der Waals surface area (Å²) >= 11 is 0. The number of carbonyl (C=O) groups excluding carboxylic acids is 1. The molecule has 0 aliphatic rings. The van der Waals surface area contributed by atoms with Gasteiger partial charge >= 0.3 is 0 Å². The molecular formula is C25H30N2O3S. The first kappa shape index (κ1) is 22.8. The van der Waals surface area contributed by atoms with Gasteiger partial charge in [-0.3, -0.25) is 9.10 Å². The van der Waals surface area contributed by atoms with E-state index in [4.69, 9.17) is 0 Å². The van der Waals surface area contributed by atoms with Gasteiger partial charge in [0.05, 0.1) is 11.9 Å². The highest BCUT2D eigenvalue weighted by molar-refractivity contribution is 7.92. The van der Waals surface area contributed by atoms with E-state index in [0.29, 0.717) is 12.2 Å². The SMILES string of the molecule is CCc1ccc(N(CC(=O)NCC(C)Cc2cccc3ccccc23)S(C)(=O)=O)cc1. The Labute approximate surface area is 185 Å². The lowest BCUT2D eigenvalue weighted by Gasteiger charge is -2.22. The minimum absolute atomic E-state index is 0.213. The fourth-order valence-corrected chi connectivity index (χ4v) is 4.55. The molecule has 1 amide bonds. The molecule has 5 nitrogen and oxygen atoms in total. The Bertz CT molecular complexity index is 1140. The van der Waals surface area contributed by atoms with Crippen LogP contribution in [0.4, 0.5) is 5.69 Å². The molecule has 0 saturated carbocycles. The van der Waals surface area contributed by atoms with Gasteiger partial charge in [-0.15, -0.1) is 0 Å². The first-order valence-corrected chi connectivity index (χ1v) is 12.4. The zero-order chi connectivity index (χ0) is 22.4. The van der Waals surface area contributed by atoms with Gasteiger partial charge in [-0.25, -0.2) is 8.42 Å². The number of carbonyl (C=O) groups is 1. The summed E-state index contributed by atoms with van der Waals surface area (Å²) in [6.07, 6.45) is 2.82. The van der Waals surface area contributed by atoms with Gasteiger partial charge in [-0.2, -0.15) is 0 Å². The van der Waals surface area contributed by atoms with Gasteiger partial charge in [-0.1, -0.05) is 68.4 Å². The van der Waals surface area contributed by atoms with Gasteiger partial charge < -0.3 is 5.32 Å². The third-order valence-corrected chi connectivity index (χ3v) is 6.56. The summed E-state index contributed by atoms with van der Waals surface area (Å²) in [6.45, 7) is 4.37. The number of benzene rings is 3. The largest absolute Gasteiger partial charge is 0.354 e. The first-order chi connectivity index (χ1) is 14.8. The third-order valence-electron chi connectivity index (χ3n) is 5.42. The molecule has 1 unspecified atom stereocenters. The highest BCUT2D eigenvalue weighted by Crippen LogP contribution is 2.21. The van der Waals surface area contributed by atoms with Crippen LogP contribution >= 0.6 is 0 Å². The number of amides is 1. The van der Waals surface area contributed by atoms with Crippen molar-refractivity contribution < 1.29 is 13.2 Å². The number of aryl methyl sites for hydroxylation is 1. The number of fused-ring (bicyclic) bond motifs is 1. The molecule has 0 spiro atoms. The van der Waals surface area contributed by atoms with Crippen molar-refractivity contribution in [3.8, 4) is 0 Å². The number of hydrogen-bond acceptors (Lipinski definition) is 3. The molecule has 164 valence electrons. The Hall–Kier alpha value is -2.86. The molecule has 0 bridgehead atoms. The minimum atomic E-state index is -3.57. The van der Waals surface area contributed by atoms with Crippen molar-refractivity contribution in [2.75, 3.05) is 23.7 Å². The van der Waals surface area contributed by atoms with Crippen molar-refractivity contribution in [2.24, 2.45) is 5.92 Å². The van der Waals surface area contributed by atoms with Crippen LogP contribution in [-0.2, 0) is 27.7 Å². The van der Waals surface area contributed by atoms with Gasteiger partial charge in [-0.05, 0) is 52.8 Å². The molecule has 0 aliphatic carbocycles. The summed E-state index contributed by atoms with van der Waals surface area (Å²) < 4.78 is 25.7. The molecule has 1 N–H and O–H groups in total. The number of sulfonamides is 1. The van der Waals surface area contributed by atoms with Gasteiger partial charge in [0.1, 0.15) is 6.54 Å². The van der Waals surface area contributed by atoms with Gasteiger partial charge in [0.25, 0.3) is 0 Å². The lowest BCUT2D eigenvalue weighted by Crippen LogP contribution is -2.41. The Morgan fingerprint density at radius 3 is 2.35 bits per heavy atom. The van der Waals surface area contributed by atoms with E-state index in [0.717, 1.165) is 29.0 Å². The zero-order valence-electron chi connectivity index (χ0n) is 18.3. The monoisotopic (exact) mass is 438 g/mol. The van der Waals surface area contributed by atoms with E-state index >= 15 is 0 Å². The van der Waals surface area contributed by atoms with E-state index in [9.17, 15) is 13.2 Å². The average Bonchev–Trinajstić information content (AvgIpc) is 2.76. The van der Waals surface area contributed by atoms with Crippen LogP contribution in [0.15, 0.2) is 66.7 Å². The van der Waals surface area contributed by atoms with Crippen molar-refractivity contribution in [3.05, 3.63) is 77.9 Å². The fourth-order valence-electron chi connectivity index (χ4n) is 3.69. The summed E-state index contributed by atoms with van der Waals surface area (Å²) in [5.74, 6) is -0.0972. The van der Waals surface area contributed by atoms with Crippen molar-refractivity contribution in [2.45, 2.75) is 26.7 Å². The van der Waals surface area contributed by atoms with E-state index in [2.05, 4.69) is 42.6 Å². The number of hydrogen-bond donors (Lipinski definition) is 1. The van der Waals surface area contributed by atoms with Crippen LogP contribution in [0, 0.1) is 5.92 Å². The predicted octanol–water partition coefficient (Wildman–Crippen LogP) is 4.16. The molecule has 0 radical (unpaired) electrons. The second kappa shape index (κ2) is 9.96. The van der Waals surface area contributed by atoms with Crippen LogP contribution in [0.1, 0.15) is 25.0 Å². The molecule has 3 aromatic rings. The van der Waals surface area contributed by atoms with Gasteiger partial charge in [0, 0.05) is 6.54 Å². The summed E-state index contributed by atoms with van der Waals surface area (Å²) in [4.78, 5) is 12.5. The molecule has 3 aromatic carbocycles. The summed E-state index contributed by atoms with van der Waals surface area (Å²) in [5.41, 5.74) is 2.86. The average molecular weight is 439 g/mol. The number of anilines is 1. The molecule has 0 aliphatic heterocycles. The maximum atomic E-state index is 12.5. The van der Waals surface area contributed by atoms with E-state index in [1.165, 1.54) is 16.3 Å². The topological polar surface area (TPSA) is 66.5 Å². The quantitative estimate of drug-likeness (QED) is 0.545. The standard InChI is InChI=1S/C25H30N2O3S/c1-4-20-12-14-23(15-13-20)27(31(3,29)30)18-25(28)26-17-19(2)16-22-10-7-9-21-8-5-6-11-24(21)22/h5-15,19H,4,16-18H2,1-3H3,(H,26,28). The number of nitrogens with zero attached hydrogens (tertiary/aromatic N) is 1. The molecule has 0 heterocycles. The summed E-state index contributed by atoms with van der Waals surface area (Å²) in [7, 11) is -3.57. The van der Waals surface area contributed by atoms with Crippen LogP contribution in [0.2, 0.25) is 0 Å². The summed E-state index contributed by atoms with van der Waals surface area (Å²) in [6, 6.07) is 21.8. The van der Waals surface area contributed by atoms with Crippen LogP contribution in [0.3, 0.4) is 0 Å². The molecule has 31 heavy (non-hydrogen) atoms. The van der Waals surface area contributed by atoms with E-state index in [1.807, 2.05) is 31.2 Å². The van der Waals surface area contributed by atoms with Gasteiger partial charge in [0.2, 0.25) is 15.9 Å². The Balaban J connectivity index is 1.61. The van der Waals surface area contributed by atoms with Crippen molar-refractivity contribution in [1.29, 1.82) is 0 Å². The second-order valence-electron chi connectivity index (χ2n) is 8.04. The molecule has 0 aromatic heterocycles. The maximum Gasteiger partial charge on any atom is 0.240 e. The van der Waals surface area contributed by atoms with Crippen molar-refractivity contribution in [1.82, 2.24) is 5.32 Å². The fraction of sp³-hybridized carbons (Fsp3) is 0.320. The molecular weight excluding hydrogens is 408 g/mol. The molecule has 0 saturated heterocycles. The third kappa shape index (κ3) is 6.07. The van der Waals surface area contributed by atoms with E-state index < -0.39 is 10.0 Å². The lowest BCUT2D eigenvalue weighted by molar-refractivity contribution is -0.119. The minimum Gasteiger partial charge on any atom is -0.354 e. The highest BCUT2D eigenvalue weighted by atomic mass is 32.2. The molecule has 6 heteroatoms. The molecule has 1 atom stereocenters. The second-order valence-corrected chi connectivity index (χ2v) is 9.95. The number of nitrogens with one attached hydrogen (secondary N) is 1.